The highest BCUT2D eigenvalue weighted by molar-refractivity contribution is 7.16. The Bertz CT molecular complexity index is 584. The maximum Gasteiger partial charge on any atom is 0.227 e. The summed E-state index contributed by atoms with van der Waals surface area (Å²) in [5, 5.41) is 3.46. The molecule has 114 valence electrons. The molecule has 1 amide bonds. The number of halogens is 1. The van der Waals surface area contributed by atoms with Gasteiger partial charge < -0.3 is 11.1 Å². The smallest absolute Gasteiger partial charge is 0.227 e. The third-order valence-corrected chi connectivity index (χ3v) is 4.11. The Hall–Kier alpha value is -1.43. The Kier molecular flexibility index (Phi) is 6.81. The van der Waals surface area contributed by atoms with Gasteiger partial charge in [0, 0.05) is 23.4 Å². The van der Waals surface area contributed by atoms with E-state index in [4.69, 9.17) is 5.73 Å². The van der Waals surface area contributed by atoms with E-state index in [2.05, 4.69) is 24.1 Å². The highest BCUT2D eigenvalue weighted by Gasteiger charge is 2.16. The number of carbonyl (C=O) groups excluding carboxylic acids is 1. The van der Waals surface area contributed by atoms with Crippen molar-refractivity contribution in [2.24, 2.45) is 5.73 Å². The molecule has 0 radical (unpaired) electrons. The number of nitrogens with zero attached hydrogens (tertiary/aromatic N) is 1. The van der Waals surface area contributed by atoms with Crippen LogP contribution < -0.4 is 11.1 Å². The number of nitrogens with one attached hydrogen (secondary N) is 1. The molecule has 0 spiro atoms. The van der Waals surface area contributed by atoms with E-state index in [1.165, 1.54) is 16.2 Å². The van der Waals surface area contributed by atoms with Crippen LogP contribution in [0.15, 0.2) is 30.3 Å². The van der Waals surface area contributed by atoms with Crippen molar-refractivity contribution in [2.75, 3.05) is 11.9 Å². The van der Waals surface area contributed by atoms with Crippen molar-refractivity contribution in [3.8, 4) is 11.3 Å². The van der Waals surface area contributed by atoms with Gasteiger partial charge in [-0.3, -0.25) is 4.79 Å². The molecule has 0 aliphatic carbocycles. The monoisotopic (exact) mass is 325 g/mol. The maximum absolute atomic E-state index is 11.6. The SMILES string of the molecule is CC(C)c1sc(NC(=O)CCN)nc1-c1ccccc1.Cl. The predicted octanol–water partition coefficient (Wildman–Crippen LogP) is 3.64. The summed E-state index contributed by atoms with van der Waals surface area (Å²) in [5.41, 5.74) is 7.41. The first kappa shape index (κ1) is 17.6. The molecule has 0 aliphatic heterocycles. The van der Waals surface area contributed by atoms with Crippen LogP contribution in [-0.4, -0.2) is 17.4 Å². The second kappa shape index (κ2) is 8.12. The number of hydrogen-bond acceptors (Lipinski definition) is 4. The normalized spacial score (nSPS) is 10.3. The Balaban J connectivity index is 0.00000220. The number of aromatic nitrogens is 1. The summed E-state index contributed by atoms with van der Waals surface area (Å²) >= 11 is 1.53. The third-order valence-electron chi connectivity index (χ3n) is 2.84. The molecule has 0 aliphatic rings. The van der Waals surface area contributed by atoms with Crippen LogP contribution in [0, 0.1) is 0 Å². The van der Waals surface area contributed by atoms with Crippen molar-refractivity contribution in [1.29, 1.82) is 0 Å². The van der Waals surface area contributed by atoms with Crippen LogP contribution in [0.25, 0.3) is 11.3 Å². The Morgan fingerprint density at radius 2 is 2.00 bits per heavy atom. The average Bonchev–Trinajstić information content (AvgIpc) is 2.84. The third kappa shape index (κ3) is 4.52. The minimum absolute atomic E-state index is 0. The Labute approximate surface area is 135 Å². The molecule has 3 N–H and O–H groups in total. The number of thiazole rings is 1. The summed E-state index contributed by atoms with van der Waals surface area (Å²) in [5.74, 6) is 0.277. The maximum atomic E-state index is 11.6. The highest BCUT2D eigenvalue weighted by atomic mass is 35.5. The van der Waals surface area contributed by atoms with Gasteiger partial charge in [-0.2, -0.15) is 0 Å². The van der Waals surface area contributed by atoms with Crippen molar-refractivity contribution >= 4 is 34.8 Å². The van der Waals surface area contributed by atoms with Gasteiger partial charge in [-0.15, -0.1) is 23.7 Å². The standard InChI is InChI=1S/C15H19N3OS.ClH/c1-10(2)14-13(11-6-4-3-5-7-11)18-15(20-14)17-12(19)8-9-16;/h3-7,10H,8-9,16H2,1-2H3,(H,17,18,19);1H. The van der Waals surface area contributed by atoms with Gasteiger partial charge in [-0.25, -0.2) is 4.98 Å². The summed E-state index contributed by atoms with van der Waals surface area (Å²) in [6.07, 6.45) is 0.317. The minimum atomic E-state index is -0.0869. The second-order valence-electron chi connectivity index (χ2n) is 4.84. The highest BCUT2D eigenvalue weighted by Crippen LogP contribution is 2.36. The van der Waals surface area contributed by atoms with Crippen LogP contribution in [0.4, 0.5) is 5.13 Å². The first-order chi connectivity index (χ1) is 9.61. The topological polar surface area (TPSA) is 68.0 Å². The molecule has 0 saturated carbocycles. The summed E-state index contributed by atoms with van der Waals surface area (Å²) in [7, 11) is 0. The van der Waals surface area contributed by atoms with Crippen LogP contribution in [0.1, 0.15) is 31.1 Å². The number of carbonyl (C=O) groups is 1. The molecule has 1 aromatic heterocycles. The van der Waals surface area contributed by atoms with Gasteiger partial charge in [0.2, 0.25) is 5.91 Å². The largest absolute Gasteiger partial charge is 0.330 e. The fourth-order valence-corrected chi connectivity index (χ4v) is 2.90. The van der Waals surface area contributed by atoms with Crippen molar-refractivity contribution in [3.63, 3.8) is 0 Å². The summed E-state index contributed by atoms with van der Waals surface area (Å²) in [6, 6.07) is 10.0. The van der Waals surface area contributed by atoms with Crippen molar-refractivity contribution in [2.45, 2.75) is 26.2 Å². The number of nitrogens with two attached hydrogens (primary N) is 1. The molecule has 0 atom stereocenters. The number of hydrogen-bond donors (Lipinski definition) is 2. The molecular weight excluding hydrogens is 306 g/mol. The van der Waals surface area contributed by atoms with Crippen LogP contribution >= 0.6 is 23.7 Å². The molecule has 1 heterocycles. The molecule has 4 nitrogen and oxygen atoms in total. The van der Waals surface area contributed by atoms with E-state index in [9.17, 15) is 4.79 Å². The van der Waals surface area contributed by atoms with Crippen LogP contribution in [0.3, 0.4) is 0 Å². The molecule has 0 unspecified atom stereocenters. The zero-order valence-corrected chi connectivity index (χ0v) is 13.8. The van der Waals surface area contributed by atoms with E-state index in [1.807, 2.05) is 30.3 Å². The van der Waals surface area contributed by atoms with Gasteiger partial charge in [-0.1, -0.05) is 44.2 Å². The Morgan fingerprint density at radius 1 is 1.33 bits per heavy atom. The van der Waals surface area contributed by atoms with Gasteiger partial charge in [0.05, 0.1) is 5.69 Å². The molecule has 1 aromatic carbocycles. The molecule has 21 heavy (non-hydrogen) atoms. The number of anilines is 1. The van der Waals surface area contributed by atoms with Gasteiger partial charge in [0.1, 0.15) is 0 Å². The molecule has 2 aromatic rings. The summed E-state index contributed by atoms with van der Waals surface area (Å²) in [4.78, 5) is 17.4. The summed E-state index contributed by atoms with van der Waals surface area (Å²) < 4.78 is 0. The lowest BCUT2D eigenvalue weighted by molar-refractivity contribution is -0.116. The van der Waals surface area contributed by atoms with Gasteiger partial charge in [-0.05, 0) is 5.92 Å². The molecule has 6 heteroatoms. The average molecular weight is 326 g/mol. The lowest BCUT2D eigenvalue weighted by atomic mass is 10.1. The number of rotatable bonds is 5. The van der Waals surface area contributed by atoms with Gasteiger partial charge in [0.25, 0.3) is 0 Å². The molecule has 0 saturated heterocycles. The van der Waals surface area contributed by atoms with Crippen LogP contribution in [-0.2, 0) is 4.79 Å². The fourth-order valence-electron chi connectivity index (χ4n) is 1.89. The van der Waals surface area contributed by atoms with Crippen molar-refractivity contribution < 1.29 is 4.79 Å². The predicted molar refractivity (Wildman–Crippen MR) is 91.2 cm³/mol. The van der Waals surface area contributed by atoms with Crippen molar-refractivity contribution in [3.05, 3.63) is 35.2 Å². The van der Waals surface area contributed by atoms with E-state index in [-0.39, 0.29) is 18.3 Å². The molecule has 0 fully saturated rings. The van der Waals surface area contributed by atoms with Crippen molar-refractivity contribution in [1.82, 2.24) is 4.98 Å². The molecular formula is C15H20ClN3OS. The first-order valence-corrected chi connectivity index (χ1v) is 7.49. The molecule has 0 bridgehead atoms. The van der Waals surface area contributed by atoms with E-state index >= 15 is 0 Å². The van der Waals surface area contributed by atoms with Gasteiger partial charge >= 0.3 is 0 Å². The van der Waals surface area contributed by atoms with Gasteiger partial charge in [0.15, 0.2) is 5.13 Å². The Morgan fingerprint density at radius 3 is 2.57 bits per heavy atom. The second-order valence-corrected chi connectivity index (χ2v) is 5.87. The van der Waals surface area contributed by atoms with Crippen LogP contribution in [0.2, 0.25) is 0 Å². The van der Waals surface area contributed by atoms with E-state index in [1.54, 1.807) is 0 Å². The number of amides is 1. The zero-order valence-electron chi connectivity index (χ0n) is 12.1. The lowest BCUT2D eigenvalue weighted by Crippen LogP contribution is -2.15. The minimum Gasteiger partial charge on any atom is -0.330 e. The lowest BCUT2D eigenvalue weighted by Gasteiger charge is -2.04. The van der Waals surface area contributed by atoms with E-state index in [0.717, 1.165) is 11.3 Å². The first-order valence-electron chi connectivity index (χ1n) is 6.68. The quantitative estimate of drug-likeness (QED) is 0.881. The van der Waals surface area contributed by atoms with Crippen LogP contribution in [0.5, 0.6) is 0 Å². The number of benzene rings is 1. The van der Waals surface area contributed by atoms with E-state index in [0.29, 0.717) is 24.0 Å². The van der Waals surface area contributed by atoms with E-state index < -0.39 is 0 Å². The summed E-state index contributed by atoms with van der Waals surface area (Å²) in [6.45, 7) is 4.61. The molecule has 2 rings (SSSR count). The fraction of sp³-hybridized carbons (Fsp3) is 0.333. The zero-order chi connectivity index (χ0) is 14.5.